The molecule has 0 bridgehead atoms. The van der Waals surface area contributed by atoms with Crippen LogP contribution in [0.25, 0.3) is 12.2 Å². The number of hydrogen-bond donors (Lipinski definition) is 1. The van der Waals surface area contributed by atoms with Gasteiger partial charge in [-0.05, 0) is 54.0 Å². The van der Waals surface area contributed by atoms with E-state index in [4.69, 9.17) is 4.74 Å². The summed E-state index contributed by atoms with van der Waals surface area (Å²) < 4.78 is 5.00. The van der Waals surface area contributed by atoms with Crippen molar-refractivity contribution in [2.45, 2.75) is 45.4 Å². The fourth-order valence-electron chi connectivity index (χ4n) is 3.96. The van der Waals surface area contributed by atoms with E-state index in [1.807, 2.05) is 12.2 Å². The highest BCUT2D eigenvalue weighted by Crippen LogP contribution is 2.31. The van der Waals surface area contributed by atoms with Crippen LogP contribution in [0.15, 0.2) is 47.9 Å². The van der Waals surface area contributed by atoms with Crippen molar-refractivity contribution in [3.05, 3.63) is 58.3 Å². The van der Waals surface area contributed by atoms with Gasteiger partial charge in [-0.15, -0.1) is 0 Å². The van der Waals surface area contributed by atoms with Gasteiger partial charge in [0.2, 0.25) is 0 Å². The molecule has 0 saturated heterocycles. The van der Waals surface area contributed by atoms with Gasteiger partial charge in [-0.3, -0.25) is 9.69 Å². The van der Waals surface area contributed by atoms with E-state index in [1.54, 1.807) is 7.05 Å². The summed E-state index contributed by atoms with van der Waals surface area (Å²) in [7, 11) is 1.69. The summed E-state index contributed by atoms with van der Waals surface area (Å²) in [6.45, 7) is 3.33. The number of nitrogens with zero attached hydrogens (tertiary/aromatic N) is 1. The fourth-order valence-corrected chi connectivity index (χ4v) is 3.96. The fraction of sp³-hybridized carbons (Fsp3) is 0.417. The zero-order valence-corrected chi connectivity index (χ0v) is 17.3. The van der Waals surface area contributed by atoms with E-state index >= 15 is 0 Å². The third kappa shape index (κ3) is 5.37. The molecule has 0 aliphatic heterocycles. The Morgan fingerprint density at radius 1 is 1.17 bits per heavy atom. The van der Waals surface area contributed by atoms with Gasteiger partial charge in [0, 0.05) is 13.6 Å². The van der Waals surface area contributed by atoms with Gasteiger partial charge in [0.25, 0.3) is 6.47 Å². The number of carbonyl (C=O) groups is 2. The van der Waals surface area contributed by atoms with E-state index in [0.717, 1.165) is 38.5 Å². The Kier molecular flexibility index (Phi) is 6.91. The van der Waals surface area contributed by atoms with Gasteiger partial charge in [-0.25, -0.2) is 4.79 Å². The van der Waals surface area contributed by atoms with Crippen LogP contribution >= 0.6 is 0 Å². The third-order valence-electron chi connectivity index (χ3n) is 5.67. The number of fused-ring (bicyclic) bond motifs is 1. The van der Waals surface area contributed by atoms with E-state index in [-0.39, 0.29) is 11.4 Å². The lowest BCUT2D eigenvalue weighted by Crippen LogP contribution is -2.38. The molecule has 0 radical (unpaired) electrons. The van der Waals surface area contributed by atoms with E-state index in [1.165, 1.54) is 15.3 Å². The number of unbranched alkanes of at least 4 members (excludes halogenated alkanes) is 1. The number of urea groups is 1. The second-order valence-electron chi connectivity index (χ2n) is 8.03. The zero-order valence-electron chi connectivity index (χ0n) is 17.3. The van der Waals surface area contributed by atoms with Gasteiger partial charge in [0.05, 0.1) is 5.70 Å². The van der Waals surface area contributed by atoms with Gasteiger partial charge in [-0.2, -0.15) is 0 Å². The maximum absolute atomic E-state index is 12.4. The molecule has 0 fully saturated rings. The van der Waals surface area contributed by atoms with Crippen molar-refractivity contribution in [2.75, 3.05) is 13.6 Å². The third-order valence-corrected chi connectivity index (χ3v) is 5.67. The first kappa shape index (κ1) is 20.9. The molecule has 0 heterocycles. The molecular weight excluding hydrogens is 364 g/mol. The average Bonchev–Trinajstić information content (AvgIpc) is 2.73. The highest BCUT2D eigenvalue weighted by molar-refractivity contribution is 5.76. The van der Waals surface area contributed by atoms with E-state index in [9.17, 15) is 9.59 Å². The minimum Gasteiger partial charge on any atom is -0.427 e. The molecule has 2 aliphatic carbocycles. The molecular formula is C24H30N2O3. The predicted octanol–water partition coefficient (Wildman–Crippen LogP) is 3.20. The molecule has 1 atom stereocenters. The SMILES string of the molecule is CN(C(=O)NCCCCC1(C)C=c2ccccc2=CC1)C1=CCCC=C1OC=O. The summed E-state index contributed by atoms with van der Waals surface area (Å²) in [6.07, 6.45) is 14.2. The lowest BCUT2D eigenvalue weighted by Gasteiger charge is -2.27. The first-order chi connectivity index (χ1) is 14.0. The number of rotatable bonds is 8. The van der Waals surface area contributed by atoms with E-state index in [0.29, 0.717) is 24.5 Å². The van der Waals surface area contributed by atoms with Gasteiger partial charge >= 0.3 is 6.03 Å². The van der Waals surface area contributed by atoms with Crippen LogP contribution in [0.5, 0.6) is 0 Å². The van der Waals surface area contributed by atoms with Crippen LogP contribution < -0.4 is 15.8 Å². The van der Waals surface area contributed by atoms with Crippen LogP contribution in [0.2, 0.25) is 0 Å². The molecule has 0 saturated carbocycles. The van der Waals surface area contributed by atoms with E-state index in [2.05, 4.69) is 48.7 Å². The number of amides is 2. The Morgan fingerprint density at radius 3 is 2.72 bits per heavy atom. The summed E-state index contributed by atoms with van der Waals surface area (Å²) in [6, 6.07) is 8.33. The second kappa shape index (κ2) is 9.59. The zero-order chi connectivity index (χ0) is 20.7. The Balaban J connectivity index is 1.44. The maximum Gasteiger partial charge on any atom is 0.321 e. The van der Waals surface area contributed by atoms with Crippen LogP contribution in [0.1, 0.15) is 45.4 Å². The van der Waals surface area contributed by atoms with Gasteiger partial charge in [0.15, 0.2) is 0 Å². The molecule has 5 nitrogen and oxygen atoms in total. The highest BCUT2D eigenvalue weighted by atomic mass is 16.5. The molecule has 5 heteroatoms. The first-order valence-electron chi connectivity index (χ1n) is 10.3. The molecule has 1 N–H and O–H groups in total. The quantitative estimate of drug-likeness (QED) is 0.544. The number of nitrogens with one attached hydrogen (secondary N) is 1. The van der Waals surface area contributed by atoms with Crippen molar-refractivity contribution >= 4 is 24.7 Å². The number of benzene rings is 1. The second-order valence-corrected chi connectivity index (χ2v) is 8.03. The van der Waals surface area contributed by atoms with Crippen molar-refractivity contribution in [1.29, 1.82) is 0 Å². The van der Waals surface area contributed by atoms with Crippen LogP contribution in [0.3, 0.4) is 0 Å². The van der Waals surface area contributed by atoms with Crippen molar-refractivity contribution in [1.82, 2.24) is 10.2 Å². The van der Waals surface area contributed by atoms with E-state index < -0.39 is 0 Å². The van der Waals surface area contributed by atoms with Crippen LogP contribution in [-0.2, 0) is 9.53 Å². The van der Waals surface area contributed by atoms with Gasteiger partial charge in [0.1, 0.15) is 5.76 Å². The average molecular weight is 395 g/mol. The molecule has 1 aromatic carbocycles. The minimum absolute atomic E-state index is 0.175. The van der Waals surface area contributed by atoms with Crippen molar-refractivity contribution in [2.24, 2.45) is 5.41 Å². The van der Waals surface area contributed by atoms with Crippen LogP contribution in [0, 0.1) is 5.41 Å². The summed E-state index contributed by atoms with van der Waals surface area (Å²) in [4.78, 5) is 24.6. The minimum atomic E-state index is -0.184. The molecule has 0 spiro atoms. The molecule has 2 amide bonds. The Morgan fingerprint density at radius 2 is 1.93 bits per heavy atom. The van der Waals surface area contributed by atoms with Crippen LogP contribution in [-0.4, -0.2) is 31.0 Å². The summed E-state index contributed by atoms with van der Waals surface area (Å²) >= 11 is 0. The summed E-state index contributed by atoms with van der Waals surface area (Å²) in [5.41, 5.74) is 0.813. The van der Waals surface area contributed by atoms with Crippen LogP contribution in [0.4, 0.5) is 4.79 Å². The number of likely N-dealkylation sites (N-methyl/N-ethyl adjacent to an activating group) is 1. The smallest absolute Gasteiger partial charge is 0.321 e. The largest absolute Gasteiger partial charge is 0.427 e. The monoisotopic (exact) mass is 394 g/mol. The lowest BCUT2D eigenvalue weighted by atomic mass is 9.78. The number of allylic oxidation sites excluding steroid dienone is 2. The van der Waals surface area contributed by atoms with Crippen molar-refractivity contribution in [3.8, 4) is 0 Å². The lowest BCUT2D eigenvalue weighted by molar-refractivity contribution is -0.125. The summed E-state index contributed by atoms with van der Waals surface area (Å²) in [5.74, 6) is 0.446. The molecule has 154 valence electrons. The number of ether oxygens (including phenoxy) is 1. The van der Waals surface area contributed by atoms with Crippen molar-refractivity contribution in [3.63, 3.8) is 0 Å². The number of hydrogen-bond acceptors (Lipinski definition) is 3. The Hall–Kier alpha value is -2.82. The molecule has 1 unspecified atom stereocenters. The Bertz CT molecular complexity index is 932. The topological polar surface area (TPSA) is 58.6 Å². The predicted molar refractivity (Wildman–Crippen MR) is 115 cm³/mol. The molecule has 3 rings (SSSR count). The highest BCUT2D eigenvalue weighted by Gasteiger charge is 2.22. The maximum atomic E-state index is 12.4. The van der Waals surface area contributed by atoms with Gasteiger partial charge in [-0.1, -0.05) is 55.8 Å². The molecule has 0 aromatic heterocycles. The number of carbonyl (C=O) groups excluding carboxylic acids is 2. The normalized spacial score (nSPS) is 20.2. The van der Waals surface area contributed by atoms with Crippen molar-refractivity contribution < 1.29 is 14.3 Å². The van der Waals surface area contributed by atoms with Gasteiger partial charge < -0.3 is 10.1 Å². The molecule has 29 heavy (non-hydrogen) atoms. The first-order valence-corrected chi connectivity index (χ1v) is 10.3. The Labute approximate surface area is 172 Å². The molecule has 1 aromatic rings. The summed E-state index contributed by atoms with van der Waals surface area (Å²) in [5, 5.41) is 5.61. The standard InChI is InChI=1S/C24H30N2O3/c1-24(15-13-19-9-3-4-10-20(19)17-24)14-7-8-16-25-23(28)26(2)21-11-5-6-12-22(21)29-18-27/h3-4,9-13,17-18H,5-8,14-16H2,1-2H3,(H,25,28). The molecule has 2 aliphatic rings.